The van der Waals surface area contributed by atoms with Crippen molar-refractivity contribution in [2.45, 2.75) is 83.1 Å². The lowest BCUT2D eigenvalue weighted by atomic mass is 10.1. The van der Waals surface area contributed by atoms with E-state index in [0.29, 0.717) is 0 Å². The van der Waals surface area contributed by atoms with Gasteiger partial charge in [0, 0.05) is 0 Å². The molecule has 5 rings (SSSR count). The topological polar surface area (TPSA) is 0 Å². The average molecular weight is 671 g/mol. The highest BCUT2D eigenvalue weighted by atomic mass is 32.1. The predicted octanol–water partition coefficient (Wildman–Crippen LogP) is 5.72. The maximum Gasteiger partial charge on any atom is -0.0260 e. The Labute approximate surface area is 283 Å². The summed E-state index contributed by atoms with van der Waals surface area (Å²) in [6.07, 6.45) is 0. The van der Waals surface area contributed by atoms with Gasteiger partial charge in [-0.25, -0.2) is 10.4 Å². The molecule has 5 aromatic rings. The Balaban J connectivity index is 1.80. The van der Waals surface area contributed by atoms with Gasteiger partial charge < -0.3 is 17.2 Å². The number of benzene rings is 4. The van der Waals surface area contributed by atoms with Gasteiger partial charge >= 0.3 is 0 Å². The lowest BCUT2D eigenvalue weighted by Crippen LogP contribution is -2.44. The zero-order valence-electron chi connectivity index (χ0n) is 29.2. The third kappa shape index (κ3) is 7.23. The van der Waals surface area contributed by atoms with E-state index in [-0.39, 0.29) is 0 Å². The van der Waals surface area contributed by atoms with Crippen LogP contribution in [0, 0.1) is 83.1 Å². The van der Waals surface area contributed by atoms with Crippen molar-refractivity contribution in [3.8, 4) is 0 Å². The highest BCUT2D eigenvalue weighted by molar-refractivity contribution is 7.37. The fraction of sp³-hybridized carbons (Fsp3) is 0.300. The fourth-order valence-corrected chi connectivity index (χ4v) is 25.1. The van der Waals surface area contributed by atoms with Crippen LogP contribution in [0.15, 0.2) is 60.7 Å². The summed E-state index contributed by atoms with van der Waals surface area (Å²) in [6, 6.07) is 24.3. The number of rotatable bonds is 6. The van der Waals surface area contributed by atoms with E-state index < -0.39 is 15.8 Å². The van der Waals surface area contributed by atoms with Gasteiger partial charge in [0.2, 0.25) is 0 Å². The Morgan fingerprint density at radius 1 is 0.378 bits per heavy atom. The van der Waals surface area contributed by atoms with E-state index in [1.165, 1.54) is 66.8 Å². The van der Waals surface area contributed by atoms with Crippen molar-refractivity contribution in [2.24, 2.45) is 0 Å². The Hall–Kier alpha value is -2.55. The Morgan fingerprint density at radius 3 is 0.889 bits per heavy atom. The maximum absolute atomic E-state index is 2.54. The molecule has 0 amide bonds. The molecule has 1 heterocycles. The normalized spacial score (nSPS) is 12.3. The van der Waals surface area contributed by atoms with Gasteiger partial charge in [-0.2, -0.15) is 11.3 Å². The molecule has 0 radical (unpaired) electrons. The van der Waals surface area contributed by atoms with Crippen LogP contribution in [0.25, 0.3) is 0 Å². The van der Waals surface area contributed by atoms with Crippen molar-refractivity contribution in [3.05, 3.63) is 127 Å². The van der Waals surface area contributed by atoms with E-state index in [1.54, 1.807) is 29.7 Å². The van der Waals surface area contributed by atoms with Gasteiger partial charge in [0.05, 0.1) is 0 Å². The molecule has 0 aliphatic carbocycles. The highest BCUT2D eigenvalue weighted by Gasteiger charge is 2.13. The lowest BCUT2D eigenvalue weighted by Gasteiger charge is -2.27. The summed E-state index contributed by atoms with van der Waals surface area (Å²) in [5.74, 6) is 0. The second-order valence-corrected chi connectivity index (χ2v) is 24.6. The zero-order chi connectivity index (χ0) is 32.7. The third-order valence-corrected chi connectivity index (χ3v) is 25.0. The first kappa shape index (κ1) is 33.8. The van der Waals surface area contributed by atoms with Gasteiger partial charge in [-0.1, -0.05) is 138 Å². The van der Waals surface area contributed by atoms with Gasteiger partial charge in [0.25, 0.3) is 0 Å². The van der Waals surface area contributed by atoms with Gasteiger partial charge in [-0.05, 0) is 92.1 Å². The molecular weight excluding hydrogens is 625 g/mol. The van der Waals surface area contributed by atoms with Crippen LogP contribution in [-0.2, 0) is 0 Å². The molecule has 0 unspecified atom stereocenters. The SMILES string of the molecule is Cc1cc(C)c([Si-]=[Si](c2ccc([Si](=[Si-]c3c(C)cc(C)cc3C)c3c(C)cc(C)cc3C)s2)c2c(C)cc(C)cc2C)c(C)c1. The summed E-state index contributed by atoms with van der Waals surface area (Å²) in [7, 11) is -0.478. The van der Waals surface area contributed by atoms with E-state index in [4.69, 9.17) is 0 Å². The molecule has 0 spiro atoms. The molecule has 230 valence electrons. The summed E-state index contributed by atoms with van der Waals surface area (Å²) in [5, 5.41) is 6.40. The molecule has 0 aliphatic heterocycles. The van der Waals surface area contributed by atoms with E-state index in [2.05, 4.69) is 155 Å². The molecule has 0 aliphatic rings. The summed E-state index contributed by atoms with van der Waals surface area (Å²) >= 11 is 2.15. The zero-order valence-corrected chi connectivity index (χ0v) is 34.0. The number of aryl methyl sites for hydroxylation is 12. The van der Waals surface area contributed by atoms with Gasteiger partial charge in [0.1, 0.15) is 0 Å². The van der Waals surface area contributed by atoms with Crippen LogP contribution < -0.4 is 29.7 Å². The second kappa shape index (κ2) is 13.7. The van der Waals surface area contributed by atoms with Crippen molar-refractivity contribution < 1.29 is 0 Å². The van der Waals surface area contributed by atoms with Crippen molar-refractivity contribution in [3.63, 3.8) is 0 Å². The Morgan fingerprint density at radius 2 is 0.622 bits per heavy atom. The standard InChI is InChI=1S/C40H46SSi4/c1-23-15-27(5)37(28(6)16-23)42-44(39-31(9)19-25(3)20-32(39)10)35-13-14-36(41-35)45(40-33(11)21-26(4)22-34(40)12)43-38-29(7)17-24(2)18-30(38)8/h13-22H,1-12H3/q-2. The Bertz CT molecular complexity index is 1790. The van der Waals surface area contributed by atoms with Crippen LogP contribution in [0.5, 0.6) is 0 Å². The summed E-state index contributed by atoms with van der Waals surface area (Å²) < 4.78 is 3.24. The van der Waals surface area contributed by atoms with Crippen molar-refractivity contribution >= 4 is 74.1 Å². The summed E-state index contributed by atoms with van der Waals surface area (Å²) in [4.78, 5) is 0. The Kier molecular flexibility index (Phi) is 10.3. The van der Waals surface area contributed by atoms with Crippen molar-refractivity contribution in [2.75, 3.05) is 0 Å². The molecule has 0 nitrogen and oxygen atoms in total. The first-order valence-electron chi connectivity index (χ1n) is 15.9. The fourth-order valence-electron chi connectivity index (χ4n) is 7.25. The largest absolute Gasteiger partial charge is 0.407 e. The average Bonchev–Trinajstić information content (AvgIpc) is 3.39. The molecule has 0 atom stereocenters. The van der Waals surface area contributed by atoms with E-state index in [1.807, 2.05) is 0 Å². The highest BCUT2D eigenvalue weighted by Crippen LogP contribution is 2.11. The minimum Gasteiger partial charge on any atom is -0.407 e. The van der Waals surface area contributed by atoms with Gasteiger partial charge in [-0.15, -0.1) is 15.8 Å². The van der Waals surface area contributed by atoms with E-state index >= 15 is 0 Å². The number of hydrogen-bond donors (Lipinski definition) is 0. The van der Waals surface area contributed by atoms with Crippen LogP contribution in [0.3, 0.4) is 0 Å². The van der Waals surface area contributed by atoms with Crippen LogP contribution in [-0.4, -0.2) is 33.0 Å². The van der Waals surface area contributed by atoms with Crippen LogP contribution >= 0.6 is 11.3 Å². The smallest absolute Gasteiger partial charge is 0.0260 e. The van der Waals surface area contributed by atoms with Gasteiger partial charge in [0.15, 0.2) is 0 Å². The first-order chi connectivity index (χ1) is 21.2. The van der Waals surface area contributed by atoms with E-state index in [0.717, 1.165) is 17.2 Å². The number of thiophene rings is 1. The molecule has 0 fully saturated rings. The molecule has 1 aromatic heterocycles. The van der Waals surface area contributed by atoms with Crippen molar-refractivity contribution in [1.29, 1.82) is 0 Å². The van der Waals surface area contributed by atoms with Crippen LogP contribution in [0.1, 0.15) is 66.8 Å². The van der Waals surface area contributed by atoms with Crippen molar-refractivity contribution in [1.82, 2.24) is 0 Å². The third-order valence-electron chi connectivity index (χ3n) is 8.81. The summed E-state index contributed by atoms with van der Waals surface area (Å²) in [5.41, 5.74) is 17.2. The molecule has 0 N–H and O–H groups in total. The second-order valence-electron chi connectivity index (χ2n) is 13.3. The van der Waals surface area contributed by atoms with Crippen LogP contribution in [0.2, 0.25) is 0 Å². The molecule has 5 heteroatoms. The predicted molar refractivity (Wildman–Crippen MR) is 208 cm³/mol. The quantitative estimate of drug-likeness (QED) is 0.203. The number of hydrogen-bond acceptors (Lipinski definition) is 1. The molecule has 4 aromatic carbocycles. The van der Waals surface area contributed by atoms with Gasteiger partial charge in [-0.3, -0.25) is 0 Å². The van der Waals surface area contributed by atoms with E-state index in [9.17, 15) is 0 Å². The monoisotopic (exact) mass is 670 g/mol. The lowest BCUT2D eigenvalue weighted by molar-refractivity contribution is 1.35. The molecule has 0 saturated carbocycles. The minimum absolute atomic E-state index is 0.795. The minimum atomic E-state index is -1.03. The van der Waals surface area contributed by atoms with Crippen LogP contribution in [0.4, 0.5) is 0 Å². The molecular formula is C40H46SSi4-2. The molecule has 0 bridgehead atoms. The first-order valence-corrected chi connectivity index (χ1v) is 23.8. The maximum atomic E-state index is 2.54. The molecule has 45 heavy (non-hydrogen) atoms. The summed E-state index contributed by atoms with van der Waals surface area (Å²) in [6.45, 7) is 27.7. The molecule has 0 saturated heterocycles.